The lowest BCUT2D eigenvalue weighted by Crippen LogP contribution is -1.91. The third-order valence-electron chi connectivity index (χ3n) is 8.68. The van der Waals surface area contributed by atoms with Crippen molar-refractivity contribution in [1.82, 2.24) is 4.98 Å². The molecule has 0 N–H and O–H groups in total. The largest absolute Gasteiger partial charge is 0.455 e. The van der Waals surface area contributed by atoms with E-state index in [-0.39, 0.29) is 0 Å². The molecule has 0 aliphatic heterocycles. The molecule has 0 spiro atoms. The second-order valence-corrected chi connectivity index (χ2v) is 11.4. The molecule has 0 saturated heterocycles. The van der Waals surface area contributed by atoms with E-state index in [4.69, 9.17) is 20.4 Å². The van der Waals surface area contributed by atoms with E-state index in [9.17, 15) is 0 Å². The predicted molar refractivity (Wildman–Crippen MR) is 187 cm³/mol. The van der Waals surface area contributed by atoms with Crippen molar-refractivity contribution in [2.75, 3.05) is 0 Å². The number of fused-ring (bicyclic) bond motifs is 6. The Bertz CT molecular complexity index is 2640. The molecule has 3 heterocycles. The van der Waals surface area contributed by atoms with Gasteiger partial charge in [-0.15, -0.1) is 0 Å². The number of para-hydroxylation sites is 1. The van der Waals surface area contributed by atoms with Crippen LogP contribution in [0.5, 0.6) is 0 Å². The number of aromatic nitrogens is 1. The van der Waals surface area contributed by atoms with E-state index in [1.54, 1.807) is 0 Å². The van der Waals surface area contributed by atoms with Crippen molar-refractivity contribution in [3.63, 3.8) is 0 Å². The van der Waals surface area contributed by atoms with E-state index < -0.39 is 0 Å². The monoisotopic (exact) mass is 588 g/mol. The van der Waals surface area contributed by atoms with E-state index in [1.807, 2.05) is 66.7 Å². The van der Waals surface area contributed by atoms with E-state index in [0.717, 1.165) is 88.6 Å². The highest BCUT2D eigenvalue weighted by atomic mass is 16.3. The smallest absolute Gasteiger partial charge is 0.187 e. The summed E-state index contributed by atoms with van der Waals surface area (Å²) >= 11 is 0. The maximum Gasteiger partial charge on any atom is 0.187 e. The average molecular weight is 589 g/mol. The van der Waals surface area contributed by atoms with Crippen LogP contribution in [0.3, 0.4) is 0 Å². The molecule has 214 valence electrons. The number of hydrogen-bond acceptors (Lipinski definition) is 3. The lowest BCUT2D eigenvalue weighted by Gasteiger charge is -2.10. The molecule has 9 rings (SSSR count). The molecule has 46 heavy (non-hydrogen) atoms. The fourth-order valence-electron chi connectivity index (χ4n) is 6.55. The standard InChI is InChI=1S/C42H24N2O2/c1-43-30-17-10-16-28(22-30)36-25-34-31-18-8-9-20-37(31)45-42(34)40(44-36)32-19-11-21-38-39(32)35-24-29(26-12-4-2-5-13-26)23-33(41(35)46-38)27-14-6-3-7-15-27/h2-25H. The minimum absolute atomic E-state index is 0.572. The summed E-state index contributed by atoms with van der Waals surface area (Å²) in [6.45, 7) is 7.58. The summed E-state index contributed by atoms with van der Waals surface area (Å²) in [4.78, 5) is 8.94. The molecule has 4 nitrogen and oxygen atoms in total. The predicted octanol–water partition coefficient (Wildman–Crippen LogP) is 12.1. The number of hydrogen-bond donors (Lipinski definition) is 0. The Labute approximate surface area is 264 Å². The normalized spacial score (nSPS) is 11.5. The third kappa shape index (κ3) is 4.11. The third-order valence-corrected chi connectivity index (χ3v) is 8.68. The Morgan fingerprint density at radius 2 is 1.17 bits per heavy atom. The first-order chi connectivity index (χ1) is 22.7. The Morgan fingerprint density at radius 1 is 0.478 bits per heavy atom. The number of furan rings is 2. The molecular weight excluding hydrogens is 564 g/mol. The zero-order valence-corrected chi connectivity index (χ0v) is 24.6. The van der Waals surface area contributed by atoms with Crippen molar-refractivity contribution in [3.8, 4) is 44.8 Å². The average Bonchev–Trinajstić information content (AvgIpc) is 3.70. The number of nitrogens with zero attached hydrogens (tertiary/aromatic N) is 2. The summed E-state index contributed by atoms with van der Waals surface area (Å²) in [5.41, 5.74) is 11.4. The highest BCUT2D eigenvalue weighted by Gasteiger charge is 2.22. The van der Waals surface area contributed by atoms with Crippen LogP contribution >= 0.6 is 0 Å². The van der Waals surface area contributed by atoms with Crippen LogP contribution in [0.4, 0.5) is 5.69 Å². The van der Waals surface area contributed by atoms with Crippen LogP contribution < -0.4 is 0 Å². The van der Waals surface area contributed by atoms with Crippen molar-refractivity contribution in [3.05, 3.63) is 157 Å². The van der Waals surface area contributed by atoms with Crippen molar-refractivity contribution >= 4 is 49.6 Å². The molecule has 6 aromatic carbocycles. The molecule has 3 aromatic heterocycles. The van der Waals surface area contributed by atoms with Gasteiger partial charge in [0.1, 0.15) is 22.4 Å². The van der Waals surface area contributed by atoms with Gasteiger partial charge in [-0.25, -0.2) is 9.83 Å². The van der Waals surface area contributed by atoms with Crippen LogP contribution in [0.15, 0.2) is 154 Å². The lowest BCUT2D eigenvalue weighted by atomic mass is 9.94. The van der Waals surface area contributed by atoms with Gasteiger partial charge in [0.25, 0.3) is 0 Å². The second kappa shape index (κ2) is 10.3. The molecule has 4 heteroatoms. The van der Waals surface area contributed by atoms with Crippen LogP contribution in [0.2, 0.25) is 0 Å². The molecule has 0 aliphatic carbocycles. The molecule has 0 unspecified atom stereocenters. The van der Waals surface area contributed by atoms with E-state index in [1.165, 1.54) is 0 Å². The van der Waals surface area contributed by atoms with Gasteiger partial charge in [-0.05, 0) is 58.7 Å². The number of benzene rings is 6. The van der Waals surface area contributed by atoms with Gasteiger partial charge in [0, 0.05) is 32.7 Å². The minimum atomic E-state index is 0.572. The van der Waals surface area contributed by atoms with Crippen molar-refractivity contribution < 1.29 is 8.83 Å². The summed E-state index contributed by atoms with van der Waals surface area (Å²) in [7, 11) is 0. The first-order valence-corrected chi connectivity index (χ1v) is 15.2. The number of pyridine rings is 1. The zero-order valence-electron chi connectivity index (χ0n) is 24.6. The zero-order chi connectivity index (χ0) is 30.6. The van der Waals surface area contributed by atoms with Gasteiger partial charge in [0.2, 0.25) is 0 Å². The van der Waals surface area contributed by atoms with Crippen molar-refractivity contribution in [1.29, 1.82) is 0 Å². The number of rotatable bonds is 4. The molecule has 0 amide bonds. The van der Waals surface area contributed by atoms with Crippen molar-refractivity contribution in [2.45, 2.75) is 0 Å². The molecule has 0 aliphatic rings. The van der Waals surface area contributed by atoms with Crippen LogP contribution in [0, 0.1) is 6.57 Å². The Balaban J connectivity index is 1.40. The first kappa shape index (κ1) is 26.0. The summed E-state index contributed by atoms with van der Waals surface area (Å²) in [6.07, 6.45) is 0. The molecular formula is C42H24N2O2. The second-order valence-electron chi connectivity index (χ2n) is 11.4. The molecule has 0 saturated carbocycles. The van der Waals surface area contributed by atoms with Crippen molar-refractivity contribution in [2.24, 2.45) is 0 Å². The Hall–Kier alpha value is -6.44. The lowest BCUT2D eigenvalue weighted by molar-refractivity contribution is 0.668. The van der Waals surface area contributed by atoms with Crippen LogP contribution in [0.1, 0.15) is 0 Å². The van der Waals surface area contributed by atoms with E-state index in [0.29, 0.717) is 5.69 Å². The van der Waals surface area contributed by atoms with Crippen LogP contribution in [-0.4, -0.2) is 4.98 Å². The summed E-state index contributed by atoms with van der Waals surface area (Å²) in [5, 5.41) is 3.99. The van der Waals surface area contributed by atoms with Crippen LogP contribution in [0.25, 0.3) is 93.5 Å². The minimum Gasteiger partial charge on any atom is -0.455 e. The SMILES string of the molecule is [C-]#[N+]c1cccc(-c2cc3c(oc4ccccc43)c(-c3cccc4oc5c(-c6ccccc6)cc(-c6ccccc6)cc5c34)n2)c1. The quantitative estimate of drug-likeness (QED) is 0.192. The molecule has 0 radical (unpaired) electrons. The first-order valence-electron chi connectivity index (χ1n) is 15.2. The van der Waals surface area contributed by atoms with E-state index in [2.05, 4.69) is 83.7 Å². The van der Waals surface area contributed by atoms with E-state index >= 15 is 0 Å². The molecule has 0 atom stereocenters. The van der Waals surface area contributed by atoms with Gasteiger partial charge < -0.3 is 8.83 Å². The van der Waals surface area contributed by atoms with Gasteiger partial charge in [-0.3, -0.25) is 0 Å². The molecule has 0 fully saturated rings. The van der Waals surface area contributed by atoms with Gasteiger partial charge in [-0.2, -0.15) is 0 Å². The Kier molecular flexibility index (Phi) is 5.84. The fourth-order valence-corrected chi connectivity index (χ4v) is 6.55. The molecule has 9 aromatic rings. The van der Waals surface area contributed by atoms with Crippen LogP contribution in [-0.2, 0) is 0 Å². The highest BCUT2D eigenvalue weighted by molar-refractivity contribution is 6.19. The van der Waals surface area contributed by atoms with Gasteiger partial charge in [0.15, 0.2) is 11.3 Å². The summed E-state index contributed by atoms with van der Waals surface area (Å²) in [5.74, 6) is 0. The maximum atomic E-state index is 7.58. The fraction of sp³-hybridized carbons (Fsp3) is 0. The molecule has 0 bridgehead atoms. The summed E-state index contributed by atoms with van der Waals surface area (Å²) < 4.78 is 13.3. The highest BCUT2D eigenvalue weighted by Crippen LogP contribution is 2.45. The topological polar surface area (TPSA) is 43.5 Å². The maximum absolute atomic E-state index is 7.58. The van der Waals surface area contributed by atoms with Gasteiger partial charge >= 0.3 is 0 Å². The van der Waals surface area contributed by atoms with Gasteiger partial charge in [0.05, 0.1) is 12.3 Å². The summed E-state index contributed by atoms with van der Waals surface area (Å²) in [6, 6.07) is 49.2. The van der Waals surface area contributed by atoms with Gasteiger partial charge in [-0.1, -0.05) is 109 Å². The Morgan fingerprint density at radius 3 is 2.00 bits per heavy atom.